The number of rotatable bonds is 45. The minimum Gasteiger partial charge on any atom is -0.491 e. The summed E-state index contributed by atoms with van der Waals surface area (Å²) in [6.45, 7) is 18.7. The predicted molar refractivity (Wildman–Crippen MR) is 214 cm³/mol. The lowest BCUT2D eigenvalue weighted by molar-refractivity contribution is -0.140. The first-order valence-electron chi connectivity index (χ1n) is 20.5. The Morgan fingerprint density at radius 1 is 0.429 bits per heavy atom. The minimum absolute atomic E-state index is 0.198. The van der Waals surface area contributed by atoms with E-state index in [-0.39, 0.29) is 6.61 Å². The summed E-state index contributed by atoms with van der Waals surface area (Å²) in [7, 11) is 0. The van der Waals surface area contributed by atoms with E-state index in [2.05, 4.69) is 25.6 Å². The Morgan fingerprint density at radius 2 is 0.732 bits per heavy atom. The number of esters is 1. The lowest BCUT2D eigenvalue weighted by Gasteiger charge is -2.09. The van der Waals surface area contributed by atoms with Crippen molar-refractivity contribution in [3.8, 4) is 5.75 Å². The fourth-order valence-electron chi connectivity index (χ4n) is 4.70. The maximum atomic E-state index is 11.2. The van der Waals surface area contributed by atoms with Gasteiger partial charge in [-0.1, -0.05) is 57.7 Å². The van der Waals surface area contributed by atoms with Gasteiger partial charge in [0.25, 0.3) is 0 Å². The Bertz CT molecular complexity index is 981. The van der Waals surface area contributed by atoms with Gasteiger partial charge in [-0.05, 0) is 37.5 Å². The average molecular weight is 803 g/mol. The van der Waals surface area contributed by atoms with E-state index in [0.717, 1.165) is 12.2 Å². The minimum atomic E-state index is -0.413. The molecule has 0 fully saturated rings. The third kappa shape index (κ3) is 37.4. The van der Waals surface area contributed by atoms with Crippen molar-refractivity contribution in [2.75, 3.05) is 159 Å². The van der Waals surface area contributed by atoms with Crippen molar-refractivity contribution in [1.82, 2.24) is 0 Å². The highest BCUT2D eigenvalue weighted by Crippen LogP contribution is 2.15. The first-order valence-corrected chi connectivity index (χ1v) is 20.5. The van der Waals surface area contributed by atoms with Crippen LogP contribution in [0.2, 0.25) is 0 Å². The summed E-state index contributed by atoms with van der Waals surface area (Å²) in [6, 6.07) is 8.42. The molecule has 0 heterocycles. The quantitative estimate of drug-likeness (QED) is 0.0481. The zero-order valence-corrected chi connectivity index (χ0v) is 34.7. The highest BCUT2D eigenvalue weighted by atomic mass is 16.6. The lowest BCUT2D eigenvalue weighted by atomic mass is 10.0. The maximum Gasteiger partial charge on any atom is 0.333 e. The molecule has 0 bridgehead atoms. The number of unbranched alkanes of at least 4 members (excludes halogenated alkanes) is 5. The lowest BCUT2D eigenvalue weighted by Crippen LogP contribution is -2.16. The van der Waals surface area contributed by atoms with Gasteiger partial charge in [0.15, 0.2) is 0 Å². The number of hydrogen-bond acceptors (Lipinski definition) is 14. The van der Waals surface area contributed by atoms with Gasteiger partial charge < -0.3 is 61.6 Å². The van der Waals surface area contributed by atoms with Crippen molar-refractivity contribution in [2.45, 2.75) is 58.8 Å². The van der Waals surface area contributed by atoms with Gasteiger partial charge in [0, 0.05) is 5.57 Å². The molecule has 1 aromatic rings. The molecule has 14 heteroatoms. The fraction of sp³-hybridized carbons (Fsp3) is 0.786. The average Bonchev–Trinajstić information content (AvgIpc) is 3.20. The second kappa shape index (κ2) is 42.4. The van der Waals surface area contributed by atoms with Gasteiger partial charge in [-0.15, -0.1) is 0 Å². The SMILES string of the molecule is C=C(C)C(=O)OCCOCCOCCOCCOCCOCCOCCOCCOCCOCCOCCOCCOc1ccc(CCCCCCCC)cc1. The van der Waals surface area contributed by atoms with E-state index >= 15 is 0 Å². The monoisotopic (exact) mass is 803 g/mol. The van der Waals surface area contributed by atoms with E-state index in [1.807, 2.05) is 12.1 Å². The van der Waals surface area contributed by atoms with Crippen LogP contribution in [0.15, 0.2) is 36.4 Å². The van der Waals surface area contributed by atoms with E-state index in [4.69, 9.17) is 61.6 Å². The zero-order valence-electron chi connectivity index (χ0n) is 34.7. The van der Waals surface area contributed by atoms with Crippen LogP contribution in [-0.2, 0) is 68.1 Å². The van der Waals surface area contributed by atoms with Gasteiger partial charge in [0.05, 0.1) is 145 Å². The predicted octanol–water partition coefficient (Wildman–Crippen LogP) is 5.27. The van der Waals surface area contributed by atoms with Crippen LogP contribution < -0.4 is 4.74 Å². The summed E-state index contributed by atoms with van der Waals surface area (Å²) in [4.78, 5) is 11.2. The molecule has 0 aliphatic carbocycles. The van der Waals surface area contributed by atoms with E-state index in [9.17, 15) is 4.79 Å². The summed E-state index contributed by atoms with van der Waals surface area (Å²) in [5, 5.41) is 0. The van der Waals surface area contributed by atoms with Crippen LogP contribution in [0.5, 0.6) is 5.75 Å². The third-order valence-corrected chi connectivity index (χ3v) is 7.77. The van der Waals surface area contributed by atoms with Crippen LogP contribution in [0.25, 0.3) is 0 Å². The highest BCUT2D eigenvalue weighted by molar-refractivity contribution is 5.86. The molecule has 1 rings (SSSR count). The van der Waals surface area contributed by atoms with Crippen molar-refractivity contribution >= 4 is 5.97 Å². The van der Waals surface area contributed by atoms with Gasteiger partial charge in [0.2, 0.25) is 0 Å². The molecule has 0 aliphatic rings. The largest absolute Gasteiger partial charge is 0.491 e. The van der Waals surface area contributed by atoms with E-state index < -0.39 is 5.97 Å². The molecule has 1 aromatic carbocycles. The van der Waals surface area contributed by atoms with Crippen molar-refractivity contribution in [1.29, 1.82) is 0 Å². The summed E-state index contributed by atoms with van der Waals surface area (Å²) in [5.41, 5.74) is 1.74. The highest BCUT2D eigenvalue weighted by Gasteiger charge is 2.02. The van der Waals surface area contributed by atoms with E-state index in [0.29, 0.717) is 158 Å². The number of aryl methyl sites for hydroxylation is 1. The van der Waals surface area contributed by atoms with Crippen LogP contribution in [0.3, 0.4) is 0 Å². The Labute approximate surface area is 337 Å². The molecule has 0 unspecified atom stereocenters. The van der Waals surface area contributed by atoms with Crippen molar-refractivity contribution < 1.29 is 66.4 Å². The van der Waals surface area contributed by atoms with Gasteiger partial charge in [-0.2, -0.15) is 0 Å². The molecule has 14 nitrogen and oxygen atoms in total. The molecular weight excluding hydrogens is 728 g/mol. The molecule has 0 N–H and O–H groups in total. The van der Waals surface area contributed by atoms with Gasteiger partial charge in [-0.3, -0.25) is 0 Å². The van der Waals surface area contributed by atoms with E-state index in [1.165, 1.54) is 44.1 Å². The number of carbonyl (C=O) groups excluding carboxylic acids is 1. The topological polar surface area (TPSA) is 137 Å². The smallest absolute Gasteiger partial charge is 0.333 e. The Balaban J connectivity index is 1.67. The summed E-state index contributed by atoms with van der Waals surface area (Å²) >= 11 is 0. The van der Waals surface area contributed by atoms with E-state index in [1.54, 1.807) is 6.92 Å². The Morgan fingerprint density at radius 3 is 1.07 bits per heavy atom. The first kappa shape index (κ1) is 51.8. The van der Waals surface area contributed by atoms with Crippen LogP contribution in [-0.4, -0.2) is 165 Å². The third-order valence-electron chi connectivity index (χ3n) is 7.77. The first-order chi connectivity index (χ1) is 27.6. The summed E-state index contributed by atoms with van der Waals surface area (Å²) in [5.74, 6) is 0.468. The van der Waals surface area contributed by atoms with Crippen LogP contribution >= 0.6 is 0 Å². The molecule has 0 aromatic heterocycles. The number of hydrogen-bond donors (Lipinski definition) is 0. The van der Waals surface area contributed by atoms with Gasteiger partial charge in [-0.25, -0.2) is 4.79 Å². The number of ether oxygens (including phenoxy) is 13. The molecule has 0 atom stereocenters. The van der Waals surface area contributed by atoms with Crippen LogP contribution in [0, 0.1) is 0 Å². The fourth-order valence-corrected chi connectivity index (χ4v) is 4.70. The van der Waals surface area contributed by atoms with Crippen molar-refractivity contribution in [2.24, 2.45) is 0 Å². The van der Waals surface area contributed by atoms with Crippen molar-refractivity contribution in [3.05, 3.63) is 42.0 Å². The molecule has 0 amide bonds. The zero-order chi connectivity index (χ0) is 40.3. The molecule has 0 saturated heterocycles. The standard InChI is InChI=1S/C42H74O14/c1-4-5-6-7-8-9-10-40-11-13-41(14-12-40)55-37-35-53-33-31-51-29-27-49-25-23-47-21-19-45-17-15-44-16-18-46-20-22-48-24-26-50-28-30-52-32-34-54-36-38-56-42(43)39(2)3/h11-14H,2,4-10,15-38H2,1,3H3. The Kier molecular flexibility index (Phi) is 39.2. The Hall–Kier alpha value is -2.21. The number of benzene rings is 1. The molecule has 326 valence electrons. The normalized spacial score (nSPS) is 11.3. The van der Waals surface area contributed by atoms with Gasteiger partial charge in [0.1, 0.15) is 19.0 Å². The summed E-state index contributed by atoms with van der Waals surface area (Å²) < 4.78 is 71.0. The molecule has 56 heavy (non-hydrogen) atoms. The molecule has 0 aliphatic heterocycles. The second-order valence-electron chi connectivity index (χ2n) is 12.7. The molecule has 0 saturated carbocycles. The number of carbonyl (C=O) groups is 1. The van der Waals surface area contributed by atoms with Crippen LogP contribution in [0.1, 0.15) is 57.9 Å². The van der Waals surface area contributed by atoms with Crippen LogP contribution in [0.4, 0.5) is 0 Å². The molecule has 0 radical (unpaired) electrons. The molecule has 0 spiro atoms. The second-order valence-corrected chi connectivity index (χ2v) is 12.7. The molecular formula is C42H74O14. The van der Waals surface area contributed by atoms with Gasteiger partial charge >= 0.3 is 5.97 Å². The van der Waals surface area contributed by atoms with Crippen molar-refractivity contribution in [3.63, 3.8) is 0 Å². The summed E-state index contributed by atoms with van der Waals surface area (Å²) in [6.07, 6.45) is 9.06. The maximum absolute atomic E-state index is 11.2.